The van der Waals surface area contributed by atoms with Crippen LogP contribution in [-0.4, -0.2) is 24.8 Å². The van der Waals surface area contributed by atoms with Crippen molar-refractivity contribution in [3.8, 4) is 0 Å². The molecule has 0 aliphatic heterocycles. The number of ether oxygens (including phenoxy) is 1. The largest absolute Gasteiger partial charge is 0.378 e. The maximum atomic E-state index is 5.77. The van der Waals surface area contributed by atoms with Crippen LogP contribution in [-0.2, 0) is 11.2 Å². The molecule has 18 heavy (non-hydrogen) atoms. The standard InChI is InChI=1S/C15H25NOS/c1-5-17-14-10-13(15(14,3)4)16-11(2)9-12-7-6-8-18-12/h6-8,11,13-14,16H,5,9-10H2,1-4H3. The van der Waals surface area contributed by atoms with Gasteiger partial charge in [-0.1, -0.05) is 19.9 Å². The first-order chi connectivity index (χ1) is 8.54. The first-order valence-electron chi connectivity index (χ1n) is 6.94. The zero-order valence-electron chi connectivity index (χ0n) is 11.9. The molecule has 0 bridgehead atoms. The van der Waals surface area contributed by atoms with Gasteiger partial charge in [-0.3, -0.25) is 0 Å². The zero-order chi connectivity index (χ0) is 13.2. The normalized spacial score (nSPS) is 27.8. The maximum absolute atomic E-state index is 5.77. The Labute approximate surface area is 115 Å². The molecule has 1 aliphatic carbocycles. The predicted octanol–water partition coefficient (Wildman–Crippen LogP) is 3.47. The molecule has 1 aromatic heterocycles. The third-order valence-electron chi connectivity index (χ3n) is 4.12. The number of hydrogen-bond acceptors (Lipinski definition) is 3. The van der Waals surface area contributed by atoms with Crippen molar-refractivity contribution in [1.82, 2.24) is 5.32 Å². The van der Waals surface area contributed by atoms with Gasteiger partial charge in [0.2, 0.25) is 0 Å². The highest BCUT2D eigenvalue weighted by Gasteiger charge is 2.48. The van der Waals surface area contributed by atoms with Gasteiger partial charge < -0.3 is 10.1 Å². The van der Waals surface area contributed by atoms with Gasteiger partial charge >= 0.3 is 0 Å². The lowest BCUT2D eigenvalue weighted by atomic mass is 9.64. The number of thiophene rings is 1. The van der Waals surface area contributed by atoms with Crippen LogP contribution in [0.15, 0.2) is 17.5 Å². The van der Waals surface area contributed by atoms with Gasteiger partial charge in [0.15, 0.2) is 0 Å². The topological polar surface area (TPSA) is 21.3 Å². The maximum Gasteiger partial charge on any atom is 0.0655 e. The van der Waals surface area contributed by atoms with Crippen molar-refractivity contribution in [3.63, 3.8) is 0 Å². The third-order valence-corrected chi connectivity index (χ3v) is 5.02. The smallest absolute Gasteiger partial charge is 0.0655 e. The SMILES string of the molecule is CCOC1CC(NC(C)Cc2cccs2)C1(C)C. The van der Waals surface area contributed by atoms with Gasteiger partial charge in [0.25, 0.3) is 0 Å². The molecule has 0 radical (unpaired) electrons. The minimum atomic E-state index is 0.264. The van der Waals surface area contributed by atoms with E-state index in [0.717, 1.165) is 19.4 Å². The second-order valence-corrected chi connectivity index (χ2v) is 6.94. The lowest BCUT2D eigenvalue weighted by Gasteiger charge is -2.52. The van der Waals surface area contributed by atoms with E-state index in [1.54, 1.807) is 0 Å². The summed E-state index contributed by atoms with van der Waals surface area (Å²) in [6, 6.07) is 5.47. The number of rotatable bonds is 6. The fourth-order valence-corrected chi connectivity index (χ4v) is 3.62. The molecule has 3 heteroatoms. The summed E-state index contributed by atoms with van der Waals surface area (Å²) in [5.74, 6) is 0. The Bertz CT molecular complexity index is 361. The van der Waals surface area contributed by atoms with Crippen molar-refractivity contribution < 1.29 is 4.74 Å². The Balaban J connectivity index is 1.80. The molecule has 0 spiro atoms. The molecule has 0 saturated heterocycles. The molecule has 0 amide bonds. The Hall–Kier alpha value is -0.380. The predicted molar refractivity (Wildman–Crippen MR) is 78.2 cm³/mol. The van der Waals surface area contributed by atoms with E-state index in [9.17, 15) is 0 Å². The van der Waals surface area contributed by atoms with Crippen LogP contribution in [0, 0.1) is 5.41 Å². The highest BCUT2D eigenvalue weighted by molar-refractivity contribution is 7.09. The fourth-order valence-electron chi connectivity index (χ4n) is 2.79. The molecule has 1 aromatic rings. The Kier molecular flexibility index (Phi) is 4.46. The lowest BCUT2D eigenvalue weighted by Crippen LogP contribution is -2.62. The van der Waals surface area contributed by atoms with E-state index in [0.29, 0.717) is 18.2 Å². The van der Waals surface area contributed by atoms with Gasteiger partial charge in [0.1, 0.15) is 0 Å². The first kappa shape index (κ1) is 14.0. The van der Waals surface area contributed by atoms with E-state index < -0.39 is 0 Å². The van der Waals surface area contributed by atoms with Crippen molar-refractivity contribution in [2.75, 3.05) is 6.61 Å². The molecule has 0 aromatic carbocycles. The molecule has 1 saturated carbocycles. The van der Waals surface area contributed by atoms with Crippen LogP contribution in [0.25, 0.3) is 0 Å². The average Bonchev–Trinajstić information content (AvgIpc) is 2.80. The van der Waals surface area contributed by atoms with Gasteiger partial charge in [-0.05, 0) is 38.1 Å². The summed E-state index contributed by atoms with van der Waals surface area (Å²) in [5.41, 5.74) is 0.264. The van der Waals surface area contributed by atoms with Gasteiger partial charge in [-0.15, -0.1) is 11.3 Å². The van der Waals surface area contributed by atoms with Crippen LogP contribution in [0.2, 0.25) is 0 Å². The molecule has 3 atom stereocenters. The van der Waals surface area contributed by atoms with Crippen molar-refractivity contribution in [3.05, 3.63) is 22.4 Å². The summed E-state index contributed by atoms with van der Waals surface area (Å²) < 4.78 is 5.77. The quantitative estimate of drug-likeness (QED) is 0.852. The average molecular weight is 267 g/mol. The number of hydrogen-bond donors (Lipinski definition) is 1. The van der Waals surface area contributed by atoms with E-state index in [1.807, 2.05) is 11.3 Å². The molecule has 102 valence electrons. The van der Waals surface area contributed by atoms with Crippen molar-refractivity contribution in [2.24, 2.45) is 5.41 Å². The molecule has 1 aliphatic rings. The summed E-state index contributed by atoms with van der Waals surface area (Å²) in [7, 11) is 0. The van der Waals surface area contributed by atoms with Gasteiger partial charge in [0, 0.05) is 29.0 Å². The number of nitrogens with one attached hydrogen (secondary N) is 1. The Morgan fingerprint density at radius 2 is 2.33 bits per heavy atom. The van der Waals surface area contributed by atoms with E-state index in [-0.39, 0.29) is 5.41 Å². The van der Waals surface area contributed by atoms with Crippen LogP contribution >= 0.6 is 11.3 Å². The zero-order valence-corrected chi connectivity index (χ0v) is 12.7. The first-order valence-corrected chi connectivity index (χ1v) is 7.82. The van der Waals surface area contributed by atoms with Crippen molar-refractivity contribution in [1.29, 1.82) is 0 Å². The second-order valence-electron chi connectivity index (χ2n) is 5.90. The lowest BCUT2D eigenvalue weighted by molar-refractivity contribution is -0.116. The van der Waals surface area contributed by atoms with Crippen LogP contribution in [0.4, 0.5) is 0 Å². The van der Waals surface area contributed by atoms with Crippen LogP contribution < -0.4 is 5.32 Å². The summed E-state index contributed by atoms with van der Waals surface area (Å²) in [4.78, 5) is 1.47. The van der Waals surface area contributed by atoms with E-state index in [2.05, 4.69) is 50.5 Å². The Morgan fingerprint density at radius 3 is 2.89 bits per heavy atom. The highest BCUT2D eigenvalue weighted by Crippen LogP contribution is 2.43. The minimum Gasteiger partial charge on any atom is -0.378 e. The van der Waals surface area contributed by atoms with Crippen LogP contribution in [0.3, 0.4) is 0 Å². The van der Waals surface area contributed by atoms with Crippen molar-refractivity contribution in [2.45, 2.75) is 58.7 Å². The molecular formula is C15H25NOS. The van der Waals surface area contributed by atoms with E-state index in [1.165, 1.54) is 4.88 Å². The second kappa shape index (κ2) is 5.72. The van der Waals surface area contributed by atoms with E-state index >= 15 is 0 Å². The molecule has 2 rings (SSSR count). The van der Waals surface area contributed by atoms with Gasteiger partial charge in [-0.2, -0.15) is 0 Å². The van der Waals surface area contributed by atoms with Crippen LogP contribution in [0.5, 0.6) is 0 Å². The molecule has 2 nitrogen and oxygen atoms in total. The van der Waals surface area contributed by atoms with Gasteiger partial charge in [-0.25, -0.2) is 0 Å². The van der Waals surface area contributed by atoms with Crippen LogP contribution in [0.1, 0.15) is 39.0 Å². The monoisotopic (exact) mass is 267 g/mol. The molecule has 3 unspecified atom stereocenters. The third kappa shape index (κ3) is 2.95. The summed E-state index contributed by atoms with van der Waals surface area (Å²) in [6.45, 7) is 9.81. The van der Waals surface area contributed by atoms with Crippen molar-refractivity contribution >= 4 is 11.3 Å². The summed E-state index contributed by atoms with van der Waals surface area (Å²) in [6.07, 6.45) is 2.70. The summed E-state index contributed by atoms with van der Waals surface area (Å²) in [5, 5.41) is 5.91. The molecule has 1 heterocycles. The van der Waals surface area contributed by atoms with Gasteiger partial charge in [0.05, 0.1) is 6.10 Å². The van der Waals surface area contributed by atoms with E-state index in [4.69, 9.17) is 4.74 Å². The fraction of sp³-hybridized carbons (Fsp3) is 0.733. The molecule has 1 N–H and O–H groups in total. The minimum absolute atomic E-state index is 0.264. The highest BCUT2D eigenvalue weighted by atomic mass is 32.1. The molecule has 1 fully saturated rings. The molecular weight excluding hydrogens is 242 g/mol. The Morgan fingerprint density at radius 1 is 1.56 bits per heavy atom. The summed E-state index contributed by atoms with van der Waals surface area (Å²) >= 11 is 1.85.